The lowest BCUT2D eigenvalue weighted by atomic mass is 9.83. The highest BCUT2D eigenvalue weighted by molar-refractivity contribution is 7.17. The van der Waals surface area contributed by atoms with Crippen LogP contribution in [0, 0.1) is 34.0 Å². The van der Waals surface area contributed by atoms with Crippen molar-refractivity contribution < 1.29 is 28.6 Å². The number of thiophene rings is 1. The molecule has 1 saturated carbocycles. The average molecular weight is 1800 g/mol. The number of nitriles is 3. The van der Waals surface area contributed by atoms with Crippen LogP contribution in [-0.4, -0.2) is 102 Å². The van der Waals surface area contributed by atoms with Gasteiger partial charge in [0.1, 0.15) is 19.8 Å². The molecular formula is C102H92Cl6N10O6S. The third-order valence-electron chi connectivity index (χ3n) is 24.2. The summed E-state index contributed by atoms with van der Waals surface area (Å²) in [4.78, 5) is 46.4. The van der Waals surface area contributed by atoms with Crippen LogP contribution < -0.4 is 16.0 Å². The van der Waals surface area contributed by atoms with Crippen LogP contribution in [-0.2, 0) is 65.5 Å². The lowest BCUT2D eigenvalue weighted by Gasteiger charge is -2.44. The van der Waals surface area contributed by atoms with Gasteiger partial charge in [-0.05, 0) is 226 Å². The van der Waals surface area contributed by atoms with Crippen molar-refractivity contribution in [2.45, 2.75) is 100 Å². The van der Waals surface area contributed by atoms with E-state index in [1.807, 2.05) is 54.6 Å². The maximum absolute atomic E-state index is 13.0. The van der Waals surface area contributed by atoms with E-state index in [0.29, 0.717) is 69.9 Å². The third-order valence-corrected chi connectivity index (χ3v) is 26.5. The summed E-state index contributed by atoms with van der Waals surface area (Å²) in [6, 6.07) is 86.9. The number of benzene rings is 11. The molecule has 3 saturated heterocycles. The van der Waals surface area contributed by atoms with Crippen LogP contribution in [0.2, 0.25) is 30.1 Å². The normalized spacial score (nSPS) is 15.7. The van der Waals surface area contributed by atoms with Crippen molar-refractivity contribution >= 4 is 137 Å². The van der Waals surface area contributed by atoms with Crippen LogP contribution in [0.1, 0.15) is 109 Å². The number of halogens is 6. The smallest absolute Gasteiger partial charge is 0.250 e. The number of hydrogen-bond acceptors (Lipinski definition) is 13. The third kappa shape index (κ3) is 22.6. The molecule has 4 fully saturated rings. The molecule has 0 bridgehead atoms. The monoisotopic (exact) mass is 1790 g/mol. The predicted molar refractivity (Wildman–Crippen MR) is 505 cm³/mol. The Kier molecular flexibility index (Phi) is 29.4. The number of anilines is 3. The summed E-state index contributed by atoms with van der Waals surface area (Å²) in [5.41, 5.74) is 14.7. The van der Waals surface area contributed by atoms with Gasteiger partial charge in [-0.25, -0.2) is 0 Å². The van der Waals surface area contributed by atoms with Crippen molar-refractivity contribution in [3.05, 3.63) is 335 Å². The van der Waals surface area contributed by atoms with Gasteiger partial charge in [-0.15, -0.1) is 11.3 Å². The van der Waals surface area contributed by atoms with E-state index in [9.17, 15) is 30.2 Å². The maximum Gasteiger partial charge on any atom is 0.250 e. The Hall–Kier alpha value is -10.7. The van der Waals surface area contributed by atoms with Gasteiger partial charge in [-0.3, -0.25) is 24.2 Å². The highest BCUT2D eigenvalue weighted by atomic mass is 35.5. The molecule has 634 valence electrons. The number of rotatable bonds is 23. The van der Waals surface area contributed by atoms with Gasteiger partial charge in [0.2, 0.25) is 17.7 Å². The number of carbonyl (C=O) groups excluding carboxylic acids is 3. The second kappa shape index (κ2) is 41.2. The number of piperidine rings is 3. The van der Waals surface area contributed by atoms with Crippen LogP contribution in [0.5, 0.6) is 0 Å². The molecule has 11 aromatic carbocycles. The SMILES string of the molecule is Cn1cc(CN2CCC(OCC(=O)Nc3cc(Cl)cc(Cl)c3)(c3ccc(-c4cccc(C#N)c4)cc3)CC2)c2ccccc21.N#Cc1cccc(-c2ccc(C3(OCC(=O)Nc4cc(Cl)cc(Cl)c4)CCN(C4CCCC4)CC3)cc2)c1.N#Cc1cccc(-c2ccc(C3(OCC(=O)Nc4cc(Cl)cc(Cl)c4)CCN(Cc4csc5ccccc45)CC3)cc2)c1. The molecule has 13 aromatic rings. The topological polar surface area (TPSA) is 201 Å². The second-order valence-corrected chi connectivity index (χ2v) is 35.9. The number of hydrogen-bond donors (Lipinski definition) is 3. The number of aromatic nitrogens is 1. The maximum atomic E-state index is 13.0. The highest BCUT2D eigenvalue weighted by Crippen LogP contribution is 2.44. The number of amides is 3. The van der Waals surface area contributed by atoms with E-state index in [4.69, 9.17) is 83.8 Å². The number of nitrogens with zero attached hydrogens (tertiary/aromatic N) is 7. The number of fused-ring (bicyclic) bond motifs is 2. The summed E-state index contributed by atoms with van der Waals surface area (Å²) >= 11 is 38.4. The van der Waals surface area contributed by atoms with Crippen molar-refractivity contribution in [3.63, 3.8) is 0 Å². The Morgan fingerprint density at radius 3 is 1.12 bits per heavy atom. The quantitative estimate of drug-likeness (QED) is 0.0548. The Bertz CT molecular complexity index is 6090. The zero-order chi connectivity index (χ0) is 87.0. The van der Waals surface area contributed by atoms with Crippen LogP contribution in [0.3, 0.4) is 0 Å². The molecule has 1 aliphatic carbocycles. The molecule has 0 atom stereocenters. The fourth-order valence-corrected chi connectivity index (χ4v) is 20.2. The van der Waals surface area contributed by atoms with Crippen LogP contribution in [0.25, 0.3) is 54.4 Å². The first kappa shape index (κ1) is 89.1. The Morgan fingerprint density at radius 2 is 0.744 bits per heavy atom. The minimum absolute atomic E-state index is 0.0699. The van der Waals surface area contributed by atoms with Crippen molar-refractivity contribution in [2.75, 3.05) is 75.0 Å². The van der Waals surface area contributed by atoms with E-state index in [2.05, 4.69) is 193 Å². The minimum Gasteiger partial charge on any atom is -0.360 e. The lowest BCUT2D eigenvalue weighted by molar-refractivity contribution is -0.135. The van der Waals surface area contributed by atoms with E-state index in [-0.39, 0.29) is 37.5 Å². The zero-order valence-corrected chi connectivity index (χ0v) is 74.4. The highest BCUT2D eigenvalue weighted by Gasteiger charge is 2.42. The first-order valence-electron chi connectivity index (χ1n) is 41.9. The first-order valence-corrected chi connectivity index (χ1v) is 45.0. The Labute approximate surface area is 763 Å². The zero-order valence-electron chi connectivity index (χ0n) is 69.0. The number of aryl methyl sites for hydroxylation is 1. The molecule has 3 amide bonds. The largest absolute Gasteiger partial charge is 0.360 e. The molecule has 16 nitrogen and oxygen atoms in total. The summed E-state index contributed by atoms with van der Waals surface area (Å²) in [5.74, 6) is -0.786. The molecule has 2 aromatic heterocycles. The molecule has 125 heavy (non-hydrogen) atoms. The van der Waals surface area contributed by atoms with Crippen LogP contribution in [0.4, 0.5) is 17.1 Å². The number of para-hydroxylation sites is 1. The molecule has 0 radical (unpaired) electrons. The minimum atomic E-state index is -0.633. The molecule has 0 spiro atoms. The molecule has 23 heteroatoms. The second-order valence-electron chi connectivity index (χ2n) is 32.3. The van der Waals surface area contributed by atoms with Gasteiger partial charge in [0.25, 0.3) is 0 Å². The average Bonchev–Trinajstić information content (AvgIpc) is 1.29. The summed E-state index contributed by atoms with van der Waals surface area (Å²) < 4.78 is 23.1. The van der Waals surface area contributed by atoms with Gasteiger partial charge in [-0.2, -0.15) is 15.8 Å². The Balaban J connectivity index is 0.000000145. The Morgan fingerprint density at radius 1 is 0.400 bits per heavy atom. The summed E-state index contributed by atoms with van der Waals surface area (Å²) in [7, 11) is 2.09. The van der Waals surface area contributed by atoms with Crippen molar-refractivity contribution in [1.29, 1.82) is 15.8 Å². The summed E-state index contributed by atoms with van der Waals surface area (Å²) in [6.45, 7) is 6.64. The van der Waals surface area contributed by atoms with Crippen molar-refractivity contribution in [2.24, 2.45) is 7.05 Å². The van der Waals surface area contributed by atoms with E-state index in [1.54, 1.807) is 84.1 Å². The summed E-state index contributed by atoms with van der Waals surface area (Å²) in [6.07, 6.45) is 12.0. The fourth-order valence-electron chi connectivity index (χ4n) is 17.7. The van der Waals surface area contributed by atoms with E-state index in [0.717, 1.165) is 141 Å². The van der Waals surface area contributed by atoms with Gasteiger partial charge >= 0.3 is 0 Å². The van der Waals surface area contributed by atoms with E-state index in [1.165, 1.54) is 57.8 Å². The van der Waals surface area contributed by atoms with Gasteiger partial charge < -0.3 is 39.6 Å². The van der Waals surface area contributed by atoms with Gasteiger partial charge in [0.05, 0.1) is 51.7 Å². The van der Waals surface area contributed by atoms with Gasteiger partial charge in [0.15, 0.2) is 0 Å². The molecule has 3 aliphatic heterocycles. The first-order chi connectivity index (χ1) is 60.7. The molecule has 17 rings (SSSR count). The van der Waals surface area contributed by atoms with Crippen molar-refractivity contribution in [1.82, 2.24) is 19.3 Å². The molecule has 0 unspecified atom stereocenters. The number of ether oxygens (including phenoxy) is 3. The van der Waals surface area contributed by atoms with Crippen LogP contribution in [0.15, 0.2) is 260 Å². The summed E-state index contributed by atoms with van der Waals surface area (Å²) in [5, 5.41) is 44.1. The standard InChI is InChI=1S/C36H32Cl2N4O2.C35H29Cl2N3O2S.C31H31Cl2N3O2/c1-41-22-28(33-7-2-3-8-34(33)41)23-42-15-13-36(14-16-42,44-24-35(43)40-32-19-30(37)18-31(38)20-32)29-11-9-26(10-12-29)27-6-4-5-25(17-27)21-39;36-29-17-30(37)19-31(18-29)39-34(41)22-42-35(28-10-8-25(9-11-28)26-5-3-4-24(16-26)20-38)12-14-40(15-13-35)21-27-23-43-33-7-2-1-6-32(27)33;32-26-17-27(33)19-28(18-26)35-30(37)21-38-31(12-14-36(15-13-31)29-6-1-2-7-29)25-10-8-23(9-11-25)24-5-3-4-22(16-24)20-34/h2-12,17-20,22H,13-16,23-24H2,1H3,(H,40,43);1-11,16-19,23H,12-15,21-22H2,(H,39,41);3-5,8-11,16-19,29H,1-2,6-7,12-15,21H2,(H,35,37). The molecular weight excluding hydrogens is 1710 g/mol. The number of likely N-dealkylation sites (tertiary alicyclic amines) is 3. The van der Waals surface area contributed by atoms with Crippen LogP contribution >= 0.6 is 80.9 Å². The molecule has 5 heterocycles. The van der Waals surface area contributed by atoms with Gasteiger partial charge in [0, 0.05) is 134 Å². The molecule has 3 N–H and O–H groups in total. The molecule has 4 aliphatic rings. The van der Waals surface area contributed by atoms with Gasteiger partial charge in [-0.1, -0.05) is 228 Å². The number of nitrogens with one attached hydrogen (secondary N) is 3. The predicted octanol–water partition coefficient (Wildman–Crippen LogP) is 24.5. The fraction of sp³-hybridized carbons (Fsp3) is 0.255. The van der Waals surface area contributed by atoms with E-state index < -0.39 is 16.8 Å². The van der Waals surface area contributed by atoms with E-state index >= 15 is 0 Å². The lowest BCUT2D eigenvalue weighted by Crippen LogP contribution is -2.48. The number of carbonyl (C=O) groups is 3. The van der Waals surface area contributed by atoms with Crippen molar-refractivity contribution in [3.8, 4) is 51.6 Å².